The SMILES string of the molecule is CN(Cc1ccc2c(c1)OCCO2)C(=O)CCC(=O)c1ccc(Cl)cc1. The Balaban J connectivity index is 1.53. The average molecular weight is 374 g/mol. The first-order valence-electron chi connectivity index (χ1n) is 8.44. The minimum atomic E-state index is -0.0813. The molecular formula is C20H20ClNO4. The molecule has 0 saturated heterocycles. The highest BCUT2D eigenvalue weighted by molar-refractivity contribution is 6.30. The highest BCUT2D eigenvalue weighted by Crippen LogP contribution is 2.31. The number of fused-ring (bicyclic) bond motifs is 1. The van der Waals surface area contributed by atoms with E-state index in [1.54, 1.807) is 36.2 Å². The Hall–Kier alpha value is -2.53. The van der Waals surface area contributed by atoms with E-state index in [0.29, 0.717) is 36.1 Å². The lowest BCUT2D eigenvalue weighted by atomic mass is 10.1. The number of hydrogen-bond donors (Lipinski definition) is 0. The number of carbonyl (C=O) groups is 2. The fourth-order valence-corrected chi connectivity index (χ4v) is 2.87. The molecule has 0 atom stereocenters. The molecule has 3 rings (SSSR count). The molecule has 1 aliphatic rings. The first-order valence-corrected chi connectivity index (χ1v) is 8.82. The second kappa shape index (κ2) is 8.23. The lowest BCUT2D eigenvalue weighted by Gasteiger charge is -2.21. The summed E-state index contributed by atoms with van der Waals surface area (Å²) in [6, 6.07) is 12.3. The number of carbonyl (C=O) groups excluding carboxylic acids is 2. The van der Waals surface area contributed by atoms with Crippen LogP contribution in [-0.4, -0.2) is 36.9 Å². The van der Waals surface area contributed by atoms with Crippen LogP contribution in [0.2, 0.25) is 5.02 Å². The van der Waals surface area contributed by atoms with Gasteiger partial charge in [0, 0.05) is 37.0 Å². The van der Waals surface area contributed by atoms with Crippen molar-refractivity contribution in [1.82, 2.24) is 4.90 Å². The molecule has 0 aliphatic carbocycles. The molecular weight excluding hydrogens is 354 g/mol. The van der Waals surface area contributed by atoms with E-state index in [4.69, 9.17) is 21.1 Å². The number of amides is 1. The number of Topliss-reactive ketones (excluding diaryl/α,β-unsaturated/α-hetero) is 1. The number of benzene rings is 2. The van der Waals surface area contributed by atoms with Gasteiger partial charge in [0.2, 0.25) is 5.91 Å². The zero-order chi connectivity index (χ0) is 18.5. The quantitative estimate of drug-likeness (QED) is 0.724. The van der Waals surface area contributed by atoms with Gasteiger partial charge in [0.05, 0.1) is 0 Å². The predicted octanol–water partition coefficient (Wildman–Crippen LogP) is 3.73. The Morgan fingerprint density at radius 1 is 1.00 bits per heavy atom. The van der Waals surface area contributed by atoms with Crippen molar-refractivity contribution in [2.24, 2.45) is 0 Å². The number of nitrogens with zero attached hydrogens (tertiary/aromatic N) is 1. The summed E-state index contributed by atoms with van der Waals surface area (Å²) in [6.07, 6.45) is 0.342. The van der Waals surface area contributed by atoms with Crippen molar-refractivity contribution < 1.29 is 19.1 Å². The van der Waals surface area contributed by atoms with Crippen molar-refractivity contribution in [1.29, 1.82) is 0 Å². The summed E-state index contributed by atoms with van der Waals surface area (Å²) in [5.74, 6) is 1.28. The molecule has 0 unspecified atom stereocenters. The van der Waals surface area contributed by atoms with E-state index >= 15 is 0 Å². The predicted molar refractivity (Wildman–Crippen MR) is 98.9 cm³/mol. The van der Waals surface area contributed by atoms with Gasteiger partial charge in [-0.2, -0.15) is 0 Å². The van der Waals surface area contributed by atoms with E-state index in [2.05, 4.69) is 0 Å². The number of ketones is 1. The van der Waals surface area contributed by atoms with E-state index in [9.17, 15) is 9.59 Å². The maximum atomic E-state index is 12.3. The van der Waals surface area contributed by atoms with Crippen molar-refractivity contribution in [3.8, 4) is 11.5 Å². The summed E-state index contributed by atoms with van der Waals surface area (Å²) in [7, 11) is 1.73. The molecule has 5 nitrogen and oxygen atoms in total. The molecule has 0 N–H and O–H groups in total. The van der Waals surface area contributed by atoms with Gasteiger partial charge in [-0.3, -0.25) is 9.59 Å². The molecule has 2 aromatic carbocycles. The third kappa shape index (κ3) is 4.55. The van der Waals surface area contributed by atoms with Crippen LogP contribution in [0.5, 0.6) is 11.5 Å². The fourth-order valence-electron chi connectivity index (χ4n) is 2.74. The monoisotopic (exact) mass is 373 g/mol. The molecule has 136 valence electrons. The molecule has 0 bridgehead atoms. The smallest absolute Gasteiger partial charge is 0.223 e. The second-order valence-electron chi connectivity index (χ2n) is 6.16. The van der Waals surface area contributed by atoms with Gasteiger partial charge < -0.3 is 14.4 Å². The molecule has 0 aromatic heterocycles. The molecule has 1 amide bonds. The van der Waals surface area contributed by atoms with Gasteiger partial charge in [-0.1, -0.05) is 17.7 Å². The average Bonchev–Trinajstić information content (AvgIpc) is 2.66. The van der Waals surface area contributed by atoms with Crippen molar-refractivity contribution >= 4 is 23.3 Å². The highest BCUT2D eigenvalue weighted by Gasteiger charge is 2.16. The van der Waals surface area contributed by atoms with E-state index in [1.165, 1.54) is 0 Å². The van der Waals surface area contributed by atoms with Crippen LogP contribution >= 0.6 is 11.6 Å². The third-order valence-corrected chi connectivity index (χ3v) is 4.44. The molecule has 2 aromatic rings. The largest absolute Gasteiger partial charge is 0.486 e. The molecule has 0 radical (unpaired) electrons. The Bertz CT molecular complexity index is 804. The lowest BCUT2D eigenvalue weighted by molar-refractivity contribution is -0.130. The molecule has 26 heavy (non-hydrogen) atoms. The molecule has 0 spiro atoms. The summed E-state index contributed by atoms with van der Waals surface area (Å²) < 4.78 is 11.1. The van der Waals surface area contributed by atoms with Gasteiger partial charge in [-0.05, 0) is 42.0 Å². The molecule has 0 saturated carbocycles. The first kappa shape index (κ1) is 18.3. The van der Waals surface area contributed by atoms with Crippen LogP contribution in [0.25, 0.3) is 0 Å². The van der Waals surface area contributed by atoms with E-state index in [1.807, 2.05) is 18.2 Å². The van der Waals surface area contributed by atoms with Crippen LogP contribution < -0.4 is 9.47 Å². The van der Waals surface area contributed by atoms with Crippen LogP contribution in [0.4, 0.5) is 0 Å². The van der Waals surface area contributed by atoms with Crippen molar-refractivity contribution in [3.63, 3.8) is 0 Å². The van der Waals surface area contributed by atoms with Crippen LogP contribution in [0.15, 0.2) is 42.5 Å². The second-order valence-corrected chi connectivity index (χ2v) is 6.59. The Kier molecular flexibility index (Phi) is 5.78. The topological polar surface area (TPSA) is 55.8 Å². The van der Waals surface area contributed by atoms with E-state index in [-0.39, 0.29) is 24.5 Å². The van der Waals surface area contributed by atoms with Crippen molar-refractivity contribution in [2.45, 2.75) is 19.4 Å². The zero-order valence-corrected chi connectivity index (χ0v) is 15.3. The van der Waals surface area contributed by atoms with E-state index in [0.717, 1.165) is 11.3 Å². The minimum absolute atomic E-state index is 0.0669. The van der Waals surface area contributed by atoms with Crippen LogP contribution in [-0.2, 0) is 11.3 Å². The summed E-state index contributed by atoms with van der Waals surface area (Å²) in [4.78, 5) is 26.1. The Morgan fingerprint density at radius 3 is 2.42 bits per heavy atom. The number of hydrogen-bond acceptors (Lipinski definition) is 4. The third-order valence-electron chi connectivity index (χ3n) is 4.18. The van der Waals surface area contributed by atoms with Gasteiger partial charge in [0.1, 0.15) is 13.2 Å². The summed E-state index contributed by atoms with van der Waals surface area (Å²) >= 11 is 5.82. The highest BCUT2D eigenvalue weighted by atomic mass is 35.5. The number of halogens is 1. The van der Waals surface area contributed by atoms with Crippen LogP contribution in [0, 0.1) is 0 Å². The minimum Gasteiger partial charge on any atom is -0.486 e. The first-order chi connectivity index (χ1) is 12.5. The van der Waals surface area contributed by atoms with Gasteiger partial charge >= 0.3 is 0 Å². The Morgan fingerprint density at radius 2 is 1.69 bits per heavy atom. The maximum absolute atomic E-state index is 12.3. The van der Waals surface area contributed by atoms with Crippen LogP contribution in [0.3, 0.4) is 0 Å². The summed E-state index contributed by atoms with van der Waals surface area (Å²) in [5, 5.41) is 0.580. The number of rotatable bonds is 6. The molecule has 6 heteroatoms. The van der Waals surface area contributed by atoms with Gasteiger partial charge in [-0.15, -0.1) is 0 Å². The van der Waals surface area contributed by atoms with Gasteiger partial charge in [0.15, 0.2) is 17.3 Å². The standard InChI is InChI=1S/C20H20ClNO4/c1-22(13-14-2-8-18-19(12-14)26-11-10-25-18)20(24)9-7-17(23)15-3-5-16(21)6-4-15/h2-6,8,12H,7,9-11,13H2,1H3. The molecule has 1 aliphatic heterocycles. The summed E-state index contributed by atoms with van der Waals surface area (Å²) in [5.41, 5.74) is 1.52. The van der Waals surface area contributed by atoms with Crippen molar-refractivity contribution in [3.05, 3.63) is 58.6 Å². The number of ether oxygens (including phenoxy) is 2. The fraction of sp³-hybridized carbons (Fsp3) is 0.300. The lowest BCUT2D eigenvalue weighted by Crippen LogP contribution is -2.26. The van der Waals surface area contributed by atoms with E-state index < -0.39 is 0 Å². The van der Waals surface area contributed by atoms with Crippen LogP contribution in [0.1, 0.15) is 28.8 Å². The van der Waals surface area contributed by atoms with Gasteiger partial charge in [-0.25, -0.2) is 0 Å². The Labute approximate surface area is 157 Å². The summed E-state index contributed by atoms with van der Waals surface area (Å²) in [6.45, 7) is 1.52. The zero-order valence-electron chi connectivity index (χ0n) is 14.5. The van der Waals surface area contributed by atoms with Gasteiger partial charge in [0.25, 0.3) is 0 Å². The normalized spacial score (nSPS) is 12.5. The van der Waals surface area contributed by atoms with Crippen molar-refractivity contribution in [2.75, 3.05) is 20.3 Å². The molecule has 1 heterocycles. The molecule has 0 fully saturated rings. The maximum Gasteiger partial charge on any atom is 0.223 e.